The molecule has 1 aromatic carbocycles. The molecule has 0 unspecified atom stereocenters. The van der Waals surface area contributed by atoms with E-state index in [1.54, 1.807) is 24.3 Å². The molecule has 2 rings (SSSR count). The third-order valence-electron chi connectivity index (χ3n) is 2.24. The average molecular weight is 243 g/mol. The number of nitriles is 1. The maximum absolute atomic E-state index is 10.6. The van der Waals surface area contributed by atoms with E-state index in [4.69, 9.17) is 19.5 Å². The van der Waals surface area contributed by atoms with Gasteiger partial charge in [-0.2, -0.15) is 5.26 Å². The molecule has 1 heterocycles. The minimum Gasteiger partial charge on any atom is -0.486 e. The van der Waals surface area contributed by atoms with Crippen molar-refractivity contribution in [3.05, 3.63) is 53.5 Å². The number of hydrogen-bond acceptors (Lipinski definition) is 4. The molecule has 1 N–H and O–H groups in total. The van der Waals surface area contributed by atoms with Crippen molar-refractivity contribution in [3.8, 4) is 11.8 Å². The van der Waals surface area contributed by atoms with Crippen molar-refractivity contribution in [2.45, 2.75) is 6.61 Å². The standard InChI is InChI=1S/C13H9NO4/c14-6-9-2-1-3-11(4-9)18-8-12-5-10(7-17-12)13(15)16/h1-5,7H,8H2,(H,15,16). The Morgan fingerprint density at radius 3 is 2.94 bits per heavy atom. The number of hydrogen-bond donors (Lipinski definition) is 1. The smallest absolute Gasteiger partial charge is 0.338 e. The van der Waals surface area contributed by atoms with Crippen LogP contribution in [0, 0.1) is 11.3 Å². The highest BCUT2D eigenvalue weighted by Crippen LogP contribution is 2.15. The molecule has 2 aromatic rings. The molecule has 0 amide bonds. The molecule has 1 aromatic heterocycles. The number of carboxylic acids is 1. The maximum atomic E-state index is 10.6. The summed E-state index contributed by atoms with van der Waals surface area (Å²) < 4.78 is 10.4. The molecule has 5 nitrogen and oxygen atoms in total. The zero-order valence-electron chi connectivity index (χ0n) is 9.29. The lowest BCUT2D eigenvalue weighted by Crippen LogP contribution is -1.95. The summed E-state index contributed by atoms with van der Waals surface area (Å²) in [6.07, 6.45) is 1.16. The number of furan rings is 1. The van der Waals surface area contributed by atoms with Crippen LogP contribution in [0.3, 0.4) is 0 Å². The number of aromatic carboxylic acids is 1. The first-order valence-electron chi connectivity index (χ1n) is 5.12. The predicted molar refractivity (Wildman–Crippen MR) is 61.2 cm³/mol. The largest absolute Gasteiger partial charge is 0.486 e. The molecule has 0 radical (unpaired) electrons. The minimum absolute atomic E-state index is 0.0828. The van der Waals surface area contributed by atoms with E-state index in [0.717, 1.165) is 6.26 Å². The van der Waals surface area contributed by atoms with Crippen LogP contribution in [0.4, 0.5) is 0 Å². The van der Waals surface area contributed by atoms with Gasteiger partial charge in [0.1, 0.15) is 24.4 Å². The van der Waals surface area contributed by atoms with Gasteiger partial charge in [0.25, 0.3) is 0 Å². The Kier molecular flexibility index (Phi) is 3.30. The molecular formula is C13H9NO4. The van der Waals surface area contributed by atoms with Crippen molar-refractivity contribution in [2.75, 3.05) is 0 Å². The van der Waals surface area contributed by atoms with Crippen molar-refractivity contribution < 1.29 is 19.1 Å². The number of benzene rings is 1. The van der Waals surface area contributed by atoms with Gasteiger partial charge in [0.15, 0.2) is 0 Å². The van der Waals surface area contributed by atoms with Gasteiger partial charge >= 0.3 is 5.97 Å². The highest BCUT2D eigenvalue weighted by Gasteiger charge is 2.08. The van der Waals surface area contributed by atoms with Crippen LogP contribution >= 0.6 is 0 Å². The van der Waals surface area contributed by atoms with Gasteiger partial charge in [0.2, 0.25) is 0 Å². The molecule has 0 saturated heterocycles. The molecule has 0 aliphatic heterocycles. The van der Waals surface area contributed by atoms with Crippen molar-refractivity contribution in [1.29, 1.82) is 5.26 Å². The predicted octanol–water partition coefficient (Wildman–Crippen LogP) is 2.43. The molecule has 0 spiro atoms. The summed E-state index contributed by atoms with van der Waals surface area (Å²) in [5.41, 5.74) is 0.581. The van der Waals surface area contributed by atoms with Gasteiger partial charge in [-0.1, -0.05) is 6.07 Å². The molecule has 0 aliphatic rings. The van der Waals surface area contributed by atoms with Crippen molar-refractivity contribution >= 4 is 5.97 Å². The van der Waals surface area contributed by atoms with Crippen molar-refractivity contribution in [3.63, 3.8) is 0 Å². The average Bonchev–Trinajstić information content (AvgIpc) is 2.85. The second-order valence-electron chi connectivity index (χ2n) is 3.54. The van der Waals surface area contributed by atoms with E-state index in [9.17, 15) is 4.79 Å². The third-order valence-corrected chi connectivity index (χ3v) is 2.24. The Balaban J connectivity index is 2.02. The van der Waals surface area contributed by atoms with Crippen LogP contribution < -0.4 is 4.74 Å². The van der Waals surface area contributed by atoms with Crippen molar-refractivity contribution in [2.24, 2.45) is 0 Å². The first-order valence-corrected chi connectivity index (χ1v) is 5.12. The quantitative estimate of drug-likeness (QED) is 0.891. The molecule has 0 aliphatic carbocycles. The van der Waals surface area contributed by atoms with Crippen molar-refractivity contribution in [1.82, 2.24) is 0 Å². The van der Waals surface area contributed by atoms with Crippen LogP contribution in [-0.2, 0) is 6.61 Å². The number of rotatable bonds is 4. The number of ether oxygens (including phenoxy) is 1. The fourth-order valence-corrected chi connectivity index (χ4v) is 1.38. The fraction of sp³-hybridized carbons (Fsp3) is 0.0769. The molecule has 0 bridgehead atoms. The summed E-state index contributed by atoms with van der Waals surface area (Å²) in [6.45, 7) is 0.113. The van der Waals surface area contributed by atoms with E-state index in [-0.39, 0.29) is 12.2 Å². The Labute approximate surface area is 103 Å². The molecule has 0 saturated carbocycles. The molecular weight excluding hydrogens is 234 g/mol. The van der Waals surface area contributed by atoms with E-state index in [2.05, 4.69) is 0 Å². The second kappa shape index (κ2) is 5.06. The van der Waals surface area contributed by atoms with E-state index in [1.165, 1.54) is 6.07 Å². The summed E-state index contributed by atoms with van der Waals surface area (Å²) in [4.78, 5) is 10.6. The molecule has 5 heteroatoms. The van der Waals surface area contributed by atoms with Gasteiger partial charge in [-0.05, 0) is 24.3 Å². The molecule has 90 valence electrons. The normalized spacial score (nSPS) is 9.72. The van der Waals surface area contributed by atoms with Crippen LogP contribution in [0.5, 0.6) is 5.75 Å². The van der Waals surface area contributed by atoms with E-state index in [1.807, 2.05) is 6.07 Å². The Bertz CT molecular complexity index is 609. The lowest BCUT2D eigenvalue weighted by atomic mass is 10.2. The number of nitrogens with zero attached hydrogens (tertiary/aromatic N) is 1. The molecule has 0 atom stereocenters. The van der Waals surface area contributed by atoms with Crippen LogP contribution in [0.25, 0.3) is 0 Å². The third kappa shape index (κ3) is 2.68. The summed E-state index contributed by atoms with van der Waals surface area (Å²) in [5.74, 6) is -0.103. The molecule has 0 fully saturated rings. The highest BCUT2D eigenvalue weighted by atomic mass is 16.5. The minimum atomic E-state index is -1.04. The van der Waals surface area contributed by atoms with Crippen LogP contribution in [0.2, 0.25) is 0 Å². The zero-order chi connectivity index (χ0) is 13.0. The van der Waals surface area contributed by atoms with E-state index in [0.29, 0.717) is 17.1 Å². The lowest BCUT2D eigenvalue weighted by Gasteiger charge is -2.03. The number of carboxylic acid groups (broad SMARTS) is 1. The fourth-order valence-electron chi connectivity index (χ4n) is 1.38. The summed E-state index contributed by atoms with van der Waals surface area (Å²) in [5, 5.41) is 17.4. The first kappa shape index (κ1) is 11.7. The van der Waals surface area contributed by atoms with Crippen LogP contribution in [-0.4, -0.2) is 11.1 Å². The van der Waals surface area contributed by atoms with Gasteiger partial charge in [0.05, 0.1) is 17.2 Å². The Hall–Kier alpha value is -2.74. The van der Waals surface area contributed by atoms with Gasteiger partial charge in [-0.25, -0.2) is 4.79 Å². The van der Waals surface area contributed by atoms with Crippen LogP contribution in [0.15, 0.2) is 41.0 Å². The Morgan fingerprint density at radius 1 is 1.44 bits per heavy atom. The summed E-state index contributed by atoms with van der Waals surface area (Å²) in [6, 6.07) is 10.1. The molecule has 18 heavy (non-hydrogen) atoms. The first-order chi connectivity index (χ1) is 8.69. The highest BCUT2D eigenvalue weighted by molar-refractivity contribution is 5.87. The van der Waals surface area contributed by atoms with Gasteiger partial charge in [-0.15, -0.1) is 0 Å². The van der Waals surface area contributed by atoms with E-state index >= 15 is 0 Å². The monoisotopic (exact) mass is 243 g/mol. The maximum Gasteiger partial charge on any atom is 0.338 e. The van der Waals surface area contributed by atoms with E-state index < -0.39 is 5.97 Å². The summed E-state index contributed by atoms with van der Waals surface area (Å²) in [7, 11) is 0. The summed E-state index contributed by atoms with van der Waals surface area (Å²) >= 11 is 0. The lowest BCUT2D eigenvalue weighted by molar-refractivity contribution is 0.0696. The van der Waals surface area contributed by atoms with Gasteiger partial charge in [0, 0.05) is 0 Å². The van der Waals surface area contributed by atoms with Crippen LogP contribution in [0.1, 0.15) is 21.7 Å². The topological polar surface area (TPSA) is 83.5 Å². The van der Waals surface area contributed by atoms with Gasteiger partial charge in [-0.3, -0.25) is 0 Å². The van der Waals surface area contributed by atoms with Gasteiger partial charge < -0.3 is 14.3 Å². The zero-order valence-corrected chi connectivity index (χ0v) is 9.29. The Morgan fingerprint density at radius 2 is 2.28 bits per heavy atom. The second-order valence-corrected chi connectivity index (χ2v) is 3.54. The number of carbonyl (C=O) groups is 1. The SMILES string of the molecule is N#Cc1cccc(OCc2cc(C(=O)O)co2)c1.